The molecular formula is C25H24F6N6O3. The maximum atomic E-state index is 13.0. The van der Waals surface area contributed by atoms with Crippen molar-refractivity contribution in [3.63, 3.8) is 0 Å². The van der Waals surface area contributed by atoms with Gasteiger partial charge in [-0.05, 0) is 44.2 Å². The summed E-state index contributed by atoms with van der Waals surface area (Å²) in [6, 6.07) is 6.23. The summed E-state index contributed by atoms with van der Waals surface area (Å²) in [6.45, 7) is 4.21. The van der Waals surface area contributed by atoms with Crippen LogP contribution in [0.1, 0.15) is 36.6 Å². The van der Waals surface area contributed by atoms with Crippen molar-refractivity contribution in [2.45, 2.75) is 38.3 Å². The molecule has 4 rings (SSSR count). The zero-order valence-corrected chi connectivity index (χ0v) is 21.2. The minimum Gasteiger partial charge on any atom is -0.486 e. The van der Waals surface area contributed by atoms with Gasteiger partial charge >= 0.3 is 18.4 Å². The first-order chi connectivity index (χ1) is 18.7. The molecular weight excluding hydrogens is 546 g/mol. The van der Waals surface area contributed by atoms with Crippen molar-refractivity contribution >= 4 is 17.7 Å². The molecule has 1 fully saturated rings. The predicted octanol–water partition coefficient (Wildman–Crippen LogP) is 5.09. The third-order valence-corrected chi connectivity index (χ3v) is 6.26. The maximum absolute atomic E-state index is 13.0. The molecule has 3 heterocycles. The summed E-state index contributed by atoms with van der Waals surface area (Å²) >= 11 is 0. The number of nitrogens with zero attached hydrogens (tertiary/aromatic N) is 4. The van der Waals surface area contributed by atoms with Crippen molar-refractivity contribution in [3.8, 4) is 5.75 Å². The molecule has 2 aromatic heterocycles. The number of aromatic nitrogens is 3. The molecule has 9 nitrogen and oxygen atoms in total. The van der Waals surface area contributed by atoms with E-state index in [-0.39, 0.29) is 24.1 Å². The molecule has 1 saturated heterocycles. The van der Waals surface area contributed by atoms with E-state index in [2.05, 4.69) is 20.3 Å². The van der Waals surface area contributed by atoms with E-state index in [1.807, 2.05) is 0 Å². The average Bonchev–Trinajstić information content (AvgIpc) is 2.88. The van der Waals surface area contributed by atoms with Crippen LogP contribution < -0.4 is 20.5 Å². The van der Waals surface area contributed by atoms with Crippen LogP contribution in [-0.4, -0.2) is 51.6 Å². The van der Waals surface area contributed by atoms with Gasteiger partial charge in [-0.3, -0.25) is 4.79 Å². The number of alkyl halides is 6. The van der Waals surface area contributed by atoms with Crippen LogP contribution in [0.2, 0.25) is 0 Å². The highest BCUT2D eigenvalue weighted by atomic mass is 19.4. The number of urea groups is 1. The second-order valence-corrected chi connectivity index (χ2v) is 9.15. The molecule has 0 spiro atoms. The van der Waals surface area contributed by atoms with Crippen LogP contribution in [0.25, 0.3) is 0 Å². The van der Waals surface area contributed by atoms with Gasteiger partial charge in [0.2, 0.25) is 5.95 Å². The number of ether oxygens (including phenoxy) is 1. The van der Waals surface area contributed by atoms with Gasteiger partial charge in [-0.1, -0.05) is 0 Å². The van der Waals surface area contributed by atoms with E-state index in [4.69, 9.17) is 4.74 Å². The van der Waals surface area contributed by atoms with Crippen LogP contribution in [0.15, 0.2) is 53.7 Å². The molecule has 3 aromatic rings. The minimum atomic E-state index is -4.80. The molecule has 214 valence electrons. The standard InChI is InChI=1S/C25H24F6N6O3/c1-14-13-36(22-33-11-17(12-34-22)24(26,27)28)7-8-37(14)23(39)35-18-3-5-19(6-4-18)40-15(2)16-9-20(25(29,30)31)21(38)32-10-16/h3-6,9-12,14-15H,7-8,13H2,1-2H3,(H,32,38)(H,35,39)/t14-,15+/m0/s1. The lowest BCUT2D eigenvalue weighted by Crippen LogP contribution is -2.55. The van der Waals surface area contributed by atoms with Gasteiger partial charge in [0.15, 0.2) is 0 Å². The second-order valence-electron chi connectivity index (χ2n) is 9.15. The molecule has 1 aliphatic rings. The van der Waals surface area contributed by atoms with E-state index in [9.17, 15) is 35.9 Å². The monoisotopic (exact) mass is 570 g/mol. The number of carbonyl (C=O) groups is 1. The molecule has 2 atom stereocenters. The first kappa shape index (κ1) is 28.7. The van der Waals surface area contributed by atoms with Crippen molar-refractivity contribution in [2.24, 2.45) is 0 Å². The average molecular weight is 570 g/mol. The first-order valence-corrected chi connectivity index (χ1v) is 12.0. The summed E-state index contributed by atoms with van der Waals surface area (Å²) in [5, 5.41) is 2.76. The zero-order valence-electron chi connectivity index (χ0n) is 21.2. The Hall–Kier alpha value is -4.30. The van der Waals surface area contributed by atoms with E-state index in [1.54, 1.807) is 28.9 Å². The Kier molecular flexibility index (Phi) is 7.93. The number of H-pyrrole nitrogens is 1. The largest absolute Gasteiger partial charge is 0.486 e. The number of pyridine rings is 1. The van der Waals surface area contributed by atoms with Gasteiger partial charge < -0.3 is 24.8 Å². The lowest BCUT2D eigenvalue weighted by Gasteiger charge is -2.39. The fraction of sp³-hybridized carbons (Fsp3) is 0.360. The summed E-state index contributed by atoms with van der Waals surface area (Å²) in [5.41, 5.74) is -2.94. The summed E-state index contributed by atoms with van der Waals surface area (Å²) in [6.07, 6.45) is -7.55. The zero-order chi connectivity index (χ0) is 29.2. The van der Waals surface area contributed by atoms with E-state index in [1.165, 1.54) is 19.1 Å². The molecule has 0 bridgehead atoms. The Balaban J connectivity index is 1.33. The molecule has 0 saturated carbocycles. The molecule has 15 heteroatoms. The number of amides is 2. The number of rotatable bonds is 5. The SMILES string of the molecule is C[C@@H](Oc1ccc(NC(=O)N2CCN(c3ncc(C(F)(F)F)cn3)C[C@@H]2C)cc1)c1c[nH]c(=O)c(C(F)(F)F)c1. The molecule has 0 unspecified atom stereocenters. The number of aromatic amines is 1. The van der Waals surface area contributed by atoms with Crippen molar-refractivity contribution in [2.75, 3.05) is 29.9 Å². The van der Waals surface area contributed by atoms with Crippen molar-refractivity contribution in [1.82, 2.24) is 19.9 Å². The van der Waals surface area contributed by atoms with Crippen molar-refractivity contribution in [1.29, 1.82) is 0 Å². The molecule has 1 aromatic carbocycles. The number of carbonyl (C=O) groups excluding carboxylic acids is 1. The van der Waals surface area contributed by atoms with Gasteiger partial charge in [-0.15, -0.1) is 0 Å². The molecule has 1 aliphatic heterocycles. The summed E-state index contributed by atoms with van der Waals surface area (Å²) in [5.74, 6) is 0.463. The van der Waals surface area contributed by atoms with Gasteiger partial charge in [0.25, 0.3) is 5.56 Å². The van der Waals surface area contributed by atoms with Gasteiger partial charge in [0, 0.05) is 55.5 Å². The van der Waals surface area contributed by atoms with E-state index >= 15 is 0 Å². The third-order valence-electron chi connectivity index (χ3n) is 6.26. The van der Waals surface area contributed by atoms with Gasteiger partial charge in [0.1, 0.15) is 17.4 Å². The Bertz CT molecular complexity index is 1390. The lowest BCUT2D eigenvalue weighted by molar-refractivity contribution is -0.139. The fourth-order valence-electron chi connectivity index (χ4n) is 4.10. The molecule has 2 N–H and O–H groups in total. The van der Waals surface area contributed by atoms with Crippen LogP contribution in [0, 0.1) is 0 Å². The number of hydrogen-bond acceptors (Lipinski definition) is 6. The predicted molar refractivity (Wildman–Crippen MR) is 132 cm³/mol. The highest BCUT2D eigenvalue weighted by Gasteiger charge is 2.35. The van der Waals surface area contributed by atoms with E-state index < -0.39 is 41.2 Å². The van der Waals surface area contributed by atoms with Crippen LogP contribution in [0.3, 0.4) is 0 Å². The molecule has 0 aliphatic carbocycles. The molecule has 0 radical (unpaired) electrons. The number of nitrogens with one attached hydrogen (secondary N) is 2. The summed E-state index contributed by atoms with van der Waals surface area (Å²) in [4.78, 5) is 37.3. The van der Waals surface area contributed by atoms with Crippen LogP contribution >= 0.6 is 0 Å². The quantitative estimate of drug-likeness (QED) is 0.415. The number of benzene rings is 1. The number of anilines is 2. The fourth-order valence-corrected chi connectivity index (χ4v) is 4.10. The number of hydrogen-bond donors (Lipinski definition) is 2. The Morgan fingerprint density at radius 2 is 1.73 bits per heavy atom. The van der Waals surface area contributed by atoms with Crippen LogP contribution in [0.4, 0.5) is 42.8 Å². The van der Waals surface area contributed by atoms with E-state index in [0.29, 0.717) is 24.5 Å². The Morgan fingerprint density at radius 1 is 1.07 bits per heavy atom. The lowest BCUT2D eigenvalue weighted by atomic mass is 10.1. The topological polar surface area (TPSA) is 103 Å². The minimum absolute atomic E-state index is 0.124. The highest BCUT2D eigenvalue weighted by Crippen LogP contribution is 2.30. The van der Waals surface area contributed by atoms with Crippen molar-refractivity contribution in [3.05, 3.63) is 76.0 Å². The molecule has 2 amide bonds. The van der Waals surface area contributed by atoms with Gasteiger partial charge in [-0.25, -0.2) is 14.8 Å². The Labute approximate surface area is 223 Å². The van der Waals surface area contributed by atoms with Gasteiger partial charge in [0.05, 0.1) is 5.56 Å². The van der Waals surface area contributed by atoms with Gasteiger partial charge in [-0.2, -0.15) is 26.3 Å². The summed E-state index contributed by atoms with van der Waals surface area (Å²) < 4.78 is 83.0. The van der Waals surface area contributed by atoms with E-state index in [0.717, 1.165) is 24.7 Å². The smallest absolute Gasteiger partial charge is 0.421 e. The molecule has 40 heavy (non-hydrogen) atoms. The maximum Gasteiger partial charge on any atom is 0.421 e. The first-order valence-electron chi connectivity index (χ1n) is 12.0. The normalized spacial score (nSPS) is 16.9. The van der Waals surface area contributed by atoms with Crippen LogP contribution in [0.5, 0.6) is 5.75 Å². The van der Waals surface area contributed by atoms with Crippen molar-refractivity contribution < 1.29 is 35.9 Å². The number of piperazine rings is 1. The third kappa shape index (κ3) is 6.63. The summed E-state index contributed by atoms with van der Waals surface area (Å²) in [7, 11) is 0. The highest BCUT2D eigenvalue weighted by molar-refractivity contribution is 5.89. The Morgan fingerprint density at radius 3 is 2.30 bits per heavy atom. The second kappa shape index (κ2) is 11.1. The number of halogens is 6. The van der Waals surface area contributed by atoms with Crippen LogP contribution in [-0.2, 0) is 12.4 Å².